The van der Waals surface area contributed by atoms with Crippen LogP contribution in [0.2, 0.25) is 0 Å². The van der Waals surface area contributed by atoms with Crippen LogP contribution in [0.5, 0.6) is 0 Å². The van der Waals surface area contributed by atoms with Gasteiger partial charge in [-0.1, -0.05) is 0 Å². The van der Waals surface area contributed by atoms with E-state index in [-0.39, 0.29) is 16.0 Å². The maximum Gasteiger partial charge on any atom is 0.340 e. The summed E-state index contributed by atoms with van der Waals surface area (Å²) in [5, 5.41) is 2.42. The van der Waals surface area contributed by atoms with Crippen LogP contribution in [0.1, 0.15) is 10.4 Å². The highest BCUT2D eigenvalue weighted by molar-refractivity contribution is 7.89. The van der Waals surface area contributed by atoms with Crippen LogP contribution in [0.4, 0.5) is 0 Å². The topological polar surface area (TPSA) is 128 Å². The van der Waals surface area contributed by atoms with Gasteiger partial charge < -0.3 is 19.6 Å². The molecule has 0 atom stereocenters. The monoisotopic (exact) mass is 419 g/mol. The first-order valence-electron chi connectivity index (χ1n) is 9.01. The summed E-state index contributed by atoms with van der Waals surface area (Å²) in [7, 11) is -0.605. The number of esters is 1. The van der Waals surface area contributed by atoms with Gasteiger partial charge in [-0.25, -0.2) is 18.2 Å². The van der Waals surface area contributed by atoms with Crippen molar-refractivity contribution in [1.29, 1.82) is 0 Å². The van der Waals surface area contributed by atoms with Crippen LogP contribution >= 0.6 is 0 Å². The Bertz CT molecular complexity index is 1250. The van der Waals surface area contributed by atoms with Gasteiger partial charge in [-0.2, -0.15) is 0 Å². The lowest BCUT2D eigenvalue weighted by atomic mass is 10.1. The summed E-state index contributed by atoms with van der Waals surface area (Å²) >= 11 is 0. The van der Waals surface area contributed by atoms with Crippen molar-refractivity contribution in [2.24, 2.45) is 0 Å². The van der Waals surface area contributed by atoms with Gasteiger partial charge in [-0.3, -0.25) is 4.79 Å². The number of sulfonamides is 1. The van der Waals surface area contributed by atoms with E-state index in [9.17, 15) is 18.0 Å². The highest BCUT2D eigenvalue weighted by atomic mass is 32.2. The SMILES string of the molecule is COC(=O)c1c[nH]c2c(=O)[nH]c3ccc(S(=O)(=O)NN4CCN(C)CC4)cc3c12. The minimum Gasteiger partial charge on any atom is -0.465 e. The van der Waals surface area contributed by atoms with Crippen molar-refractivity contribution in [3.8, 4) is 0 Å². The molecular formula is C18H21N5O5S. The number of aromatic amines is 2. The third-order valence-electron chi connectivity index (χ3n) is 5.08. The Kier molecular flexibility index (Phi) is 4.90. The average Bonchev–Trinajstić information content (AvgIpc) is 3.15. The Morgan fingerprint density at radius 1 is 1.21 bits per heavy atom. The molecule has 1 fully saturated rings. The molecule has 1 aromatic carbocycles. The van der Waals surface area contributed by atoms with Crippen LogP contribution in [-0.4, -0.2) is 74.6 Å². The standard InChI is InChI=1S/C18H21N5O5S/c1-22-5-7-23(8-6-22)21-29(26,27)11-3-4-14-12(9-11)15-13(18(25)28-2)10-19-16(15)17(24)20-14/h3-4,9-10,19,21H,5-8H2,1-2H3,(H,20,24). The summed E-state index contributed by atoms with van der Waals surface area (Å²) in [6, 6.07) is 4.39. The molecular weight excluding hydrogens is 398 g/mol. The fourth-order valence-corrected chi connectivity index (χ4v) is 4.61. The number of H-pyrrole nitrogens is 2. The van der Waals surface area contributed by atoms with Crippen molar-refractivity contribution < 1.29 is 17.9 Å². The van der Waals surface area contributed by atoms with Crippen molar-refractivity contribution in [2.75, 3.05) is 40.3 Å². The second kappa shape index (κ2) is 7.26. The molecule has 1 saturated heterocycles. The number of rotatable bonds is 4. The Hall–Kier alpha value is -2.73. The summed E-state index contributed by atoms with van der Waals surface area (Å²) in [4.78, 5) is 34.7. The van der Waals surface area contributed by atoms with Crippen LogP contribution in [0.15, 0.2) is 34.1 Å². The largest absolute Gasteiger partial charge is 0.465 e. The Labute approximate surface area is 166 Å². The third-order valence-corrected chi connectivity index (χ3v) is 6.46. The number of fused-ring (bicyclic) bond motifs is 3. The second-order valence-electron chi connectivity index (χ2n) is 6.99. The number of nitrogens with zero attached hydrogens (tertiary/aromatic N) is 2. The molecule has 0 amide bonds. The predicted molar refractivity (Wildman–Crippen MR) is 107 cm³/mol. The van der Waals surface area contributed by atoms with Gasteiger partial charge in [0.05, 0.1) is 17.6 Å². The van der Waals surface area contributed by atoms with Crippen LogP contribution < -0.4 is 10.4 Å². The summed E-state index contributed by atoms with van der Waals surface area (Å²) < 4.78 is 30.6. The zero-order valence-electron chi connectivity index (χ0n) is 16.0. The Morgan fingerprint density at radius 2 is 1.93 bits per heavy atom. The van der Waals surface area contributed by atoms with E-state index in [0.717, 1.165) is 13.1 Å². The quantitative estimate of drug-likeness (QED) is 0.517. The van der Waals surface area contributed by atoms with Gasteiger partial charge in [-0.05, 0) is 25.2 Å². The molecule has 1 aliphatic heterocycles. The van der Waals surface area contributed by atoms with E-state index in [1.807, 2.05) is 7.05 Å². The van der Waals surface area contributed by atoms with Gasteiger partial charge >= 0.3 is 5.97 Å². The van der Waals surface area contributed by atoms with Crippen molar-refractivity contribution >= 4 is 37.8 Å². The van der Waals surface area contributed by atoms with Crippen molar-refractivity contribution in [3.05, 3.63) is 40.3 Å². The van der Waals surface area contributed by atoms with Gasteiger partial charge in [0.15, 0.2) is 0 Å². The first-order chi connectivity index (χ1) is 13.8. The summed E-state index contributed by atoms with van der Waals surface area (Å²) in [5.74, 6) is -0.619. The third kappa shape index (κ3) is 3.53. The molecule has 154 valence electrons. The van der Waals surface area contributed by atoms with Crippen LogP contribution in [0, 0.1) is 0 Å². The first kappa shape index (κ1) is 19.6. The number of nitrogens with one attached hydrogen (secondary N) is 3. The number of benzene rings is 1. The molecule has 0 unspecified atom stereocenters. The minimum absolute atomic E-state index is 0.0364. The number of hydrogen-bond donors (Lipinski definition) is 3. The van der Waals surface area contributed by atoms with Crippen LogP contribution in [-0.2, 0) is 14.8 Å². The molecule has 3 aromatic rings. The fraction of sp³-hybridized carbons (Fsp3) is 0.333. The van der Waals surface area contributed by atoms with Crippen LogP contribution in [0.25, 0.3) is 21.8 Å². The Morgan fingerprint density at radius 3 is 2.62 bits per heavy atom. The van der Waals surface area contributed by atoms with Crippen molar-refractivity contribution in [3.63, 3.8) is 0 Å². The number of methoxy groups -OCH3 is 1. The van der Waals surface area contributed by atoms with Crippen LogP contribution in [0.3, 0.4) is 0 Å². The number of hydrogen-bond acceptors (Lipinski definition) is 7. The van der Waals surface area contributed by atoms with Gasteiger partial charge in [0.1, 0.15) is 5.52 Å². The van der Waals surface area contributed by atoms with E-state index in [1.165, 1.54) is 31.5 Å². The second-order valence-corrected chi connectivity index (χ2v) is 8.65. The zero-order valence-corrected chi connectivity index (χ0v) is 16.8. The molecule has 0 bridgehead atoms. The highest BCUT2D eigenvalue weighted by Crippen LogP contribution is 2.27. The summed E-state index contributed by atoms with van der Waals surface area (Å²) in [6.07, 6.45) is 1.38. The van der Waals surface area contributed by atoms with Gasteiger partial charge in [0.2, 0.25) is 0 Å². The molecule has 0 spiro atoms. The maximum absolute atomic E-state index is 12.9. The van der Waals surface area contributed by atoms with E-state index in [0.29, 0.717) is 29.4 Å². The lowest BCUT2D eigenvalue weighted by Gasteiger charge is -2.32. The summed E-state index contributed by atoms with van der Waals surface area (Å²) in [5.41, 5.74) is 0.360. The van der Waals surface area contributed by atoms with Gasteiger partial charge in [-0.15, -0.1) is 4.83 Å². The molecule has 11 heteroatoms. The normalized spacial score (nSPS) is 16.5. The molecule has 0 radical (unpaired) electrons. The number of piperazine rings is 1. The smallest absolute Gasteiger partial charge is 0.340 e. The summed E-state index contributed by atoms with van der Waals surface area (Å²) in [6.45, 7) is 2.66. The molecule has 3 N–H and O–H groups in total. The molecule has 29 heavy (non-hydrogen) atoms. The number of carbonyl (C=O) groups is 1. The van der Waals surface area contributed by atoms with Crippen molar-refractivity contribution in [2.45, 2.75) is 4.90 Å². The number of aromatic nitrogens is 2. The fourth-order valence-electron chi connectivity index (χ4n) is 3.46. The molecule has 0 aliphatic carbocycles. The lowest BCUT2D eigenvalue weighted by Crippen LogP contribution is -2.52. The van der Waals surface area contributed by atoms with E-state index in [1.54, 1.807) is 5.01 Å². The molecule has 1 aliphatic rings. The van der Waals surface area contributed by atoms with E-state index in [4.69, 9.17) is 4.74 Å². The van der Waals surface area contributed by atoms with Crippen molar-refractivity contribution in [1.82, 2.24) is 24.7 Å². The molecule has 0 saturated carbocycles. The first-order valence-corrected chi connectivity index (χ1v) is 10.5. The van der Waals surface area contributed by atoms with Gasteiger partial charge in [0, 0.05) is 48.7 Å². The number of ether oxygens (including phenoxy) is 1. The maximum atomic E-state index is 12.9. The molecule has 4 rings (SSSR count). The molecule has 3 heterocycles. The Balaban J connectivity index is 1.81. The number of hydrazine groups is 1. The van der Waals surface area contributed by atoms with E-state index >= 15 is 0 Å². The molecule has 10 nitrogen and oxygen atoms in total. The zero-order chi connectivity index (χ0) is 20.8. The number of likely N-dealkylation sites (N-methyl/N-ethyl adjacent to an activating group) is 1. The predicted octanol–water partition coefficient (Wildman–Crippen LogP) is 0.237. The lowest BCUT2D eigenvalue weighted by molar-refractivity contribution is 0.0603. The number of carbonyl (C=O) groups excluding carboxylic acids is 1. The van der Waals surface area contributed by atoms with E-state index in [2.05, 4.69) is 19.7 Å². The average molecular weight is 419 g/mol. The highest BCUT2D eigenvalue weighted by Gasteiger charge is 2.23. The molecule has 2 aromatic heterocycles. The van der Waals surface area contributed by atoms with E-state index < -0.39 is 21.6 Å². The minimum atomic E-state index is -3.83. The number of pyridine rings is 1. The van der Waals surface area contributed by atoms with Gasteiger partial charge in [0.25, 0.3) is 15.6 Å².